The lowest BCUT2D eigenvalue weighted by molar-refractivity contribution is -0.115. The zero-order valence-electron chi connectivity index (χ0n) is 21.5. The summed E-state index contributed by atoms with van der Waals surface area (Å²) in [5.74, 6) is -1.92. The van der Waals surface area contributed by atoms with Crippen molar-refractivity contribution >= 4 is 29.5 Å². The van der Waals surface area contributed by atoms with E-state index in [-0.39, 0.29) is 23.8 Å². The first-order valence-corrected chi connectivity index (χ1v) is 12.1. The van der Waals surface area contributed by atoms with E-state index in [0.717, 1.165) is 0 Å². The first-order chi connectivity index (χ1) is 17.9. The second kappa shape index (κ2) is 10.4. The number of guanidine groups is 1. The van der Waals surface area contributed by atoms with E-state index in [0.29, 0.717) is 11.1 Å². The van der Waals surface area contributed by atoms with Crippen molar-refractivity contribution in [2.45, 2.75) is 51.2 Å². The molecule has 2 aromatic rings. The maximum absolute atomic E-state index is 13.7. The Labute approximate surface area is 219 Å². The average Bonchev–Trinajstić information content (AvgIpc) is 3.23. The van der Waals surface area contributed by atoms with Gasteiger partial charge in [0.15, 0.2) is 17.2 Å². The summed E-state index contributed by atoms with van der Waals surface area (Å²) in [6.45, 7) is 4.56. The van der Waals surface area contributed by atoms with Crippen molar-refractivity contribution in [2.24, 2.45) is 4.99 Å². The highest BCUT2D eigenvalue weighted by molar-refractivity contribution is 6.07. The number of Topliss-reactive ketones (excluding diaryl/α,β-unsaturated/α-hetero) is 2. The Kier molecular flexibility index (Phi) is 7.45. The Morgan fingerprint density at radius 3 is 2.24 bits per heavy atom. The van der Waals surface area contributed by atoms with Gasteiger partial charge in [0.1, 0.15) is 18.4 Å². The largest absolute Gasteiger partial charge is 0.382 e. The Balaban J connectivity index is 1.70. The third-order valence-electron chi connectivity index (χ3n) is 6.83. The number of ether oxygens (including phenoxy) is 1. The lowest BCUT2D eigenvalue weighted by Gasteiger charge is -2.38. The molecular formula is C27H30N4O7. The molecule has 0 spiro atoms. The van der Waals surface area contributed by atoms with Crippen molar-refractivity contribution in [3.8, 4) is 0 Å². The highest BCUT2D eigenvalue weighted by Crippen LogP contribution is 2.39. The zero-order chi connectivity index (χ0) is 27.8. The van der Waals surface area contributed by atoms with Crippen molar-refractivity contribution in [1.82, 2.24) is 15.1 Å². The molecule has 1 unspecified atom stereocenters. The molecule has 200 valence electrons. The summed E-state index contributed by atoms with van der Waals surface area (Å²) in [7, 11) is 1.59. The predicted octanol–water partition coefficient (Wildman–Crippen LogP) is 1.39. The summed E-state index contributed by atoms with van der Waals surface area (Å²) in [6.07, 6.45) is -5.15. The number of nitrogens with one attached hydrogen (secondary N) is 1. The quantitative estimate of drug-likeness (QED) is 0.482. The van der Waals surface area contributed by atoms with Gasteiger partial charge < -0.3 is 19.8 Å². The number of rotatable bonds is 6. The van der Waals surface area contributed by atoms with E-state index in [9.17, 15) is 29.4 Å². The molecule has 0 saturated carbocycles. The molecule has 11 nitrogen and oxygen atoms in total. The Hall–Kier alpha value is -3.93. The summed E-state index contributed by atoms with van der Waals surface area (Å²) in [4.78, 5) is 57.8. The molecule has 2 heterocycles. The number of urea groups is 1. The molecule has 0 radical (unpaired) electrons. The molecule has 2 aromatic carbocycles. The number of aliphatic imine (C=N–C) groups is 1. The molecule has 2 saturated heterocycles. The Morgan fingerprint density at radius 2 is 1.66 bits per heavy atom. The van der Waals surface area contributed by atoms with Crippen molar-refractivity contribution in [3.63, 3.8) is 0 Å². The van der Waals surface area contributed by atoms with E-state index in [1.165, 1.54) is 16.7 Å². The van der Waals surface area contributed by atoms with Crippen molar-refractivity contribution in [3.05, 3.63) is 70.8 Å². The number of aliphatic hydroxyl groups excluding tert-OH is 1. The van der Waals surface area contributed by atoms with Crippen LogP contribution >= 0.6 is 0 Å². The van der Waals surface area contributed by atoms with Crippen LogP contribution in [0.25, 0.3) is 0 Å². The van der Waals surface area contributed by atoms with Crippen LogP contribution in [0, 0.1) is 13.8 Å². The Morgan fingerprint density at radius 1 is 1.08 bits per heavy atom. The van der Waals surface area contributed by atoms with Crippen LogP contribution in [0.5, 0.6) is 0 Å². The first-order valence-electron chi connectivity index (χ1n) is 12.1. The van der Waals surface area contributed by atoms with Gasteiger partial charge in [-0.2, -0.15) is 4.99 Å². The maximum atomic E-state index is 13.7. The fourth-order valence-electron chi connectivity index (χ4n) is 4.77. The first kappa shape index (κ1) is 27.1. The number of hydrogen-bond acceptors (Lipinski definition) is 7. The van der Waals surface area contributed by atoms with Crippen molar-refractivity contribution in [1.29, 1.82) is 0 Å². The van der Waals surface area contributed by atoms with Gasteiger partial charge in [-0.15, -0.1) is 0 Å². The number of carbonyl (C=O) groups is 4. The zero-order valence-corrected chi connectivity index (χ0v) is 21.5. The monoisotopic (exact) mass is 522 g/mol. The van der Waals surface area contributed by atoms with E-state index < -0.39 is 54.0 Å². The molecule has 3 N–H and O–H groups in total. The highest BCUT2D eigenvalue weighted by Gasteiger charge is 2.59. The number of nitrogens with zero attached hydrogens (tertiary/aromatic N) is 3. The van der Waals surface area contributed by atoms with Crippen LogP contribution in [0.2, 0.25) is 0 Å². The molecule has 0 aromatic heterocycles. The molecule has 3 amide bonds. The lowest BCUT2D eigenvalue weighted by Crippen LogP contribution is -2.61. The third kappa shape index (κ3) is 4.95. The normalized spacial score (nSPS) is 25.3. The topological polar surface area (TPSA) is 149 Å². The highest BCUT2D eigenvalue weighted by atomic mass is 16.6. The number of amides is 3. The Bertz CT molecular complexity index is 1330. The van der Waals surface area contributed by atoms with Crippen LogP contribution < -0.4 is 5.32 Å². The van der Waals surface area contributed by atoms with Gasteiger partial charge in [-0.05, 0) is 25.0 Å². The second-order valence-electron chi connectivity index (χ2n) is 9.60. The summed E-state index contributed by atoms with van der Waals surface area (Å²) in [5.41, 5.74) is -0.710. The minimum absolute atomic E-state index is 0.0364. The molecule has 2 aliphatic rings. The van der Waals surface area contributed by atoms with Crippen LogP contribution in [0.3, 0.4) is 0 Å². The van der Waals surface area contributed by atoms with E-state index in [1.807, 2.05) is 0 Å². The predicted molar refractivity (Wildman–Crippen MR) is 136 cm³/mol. The van der Waals surface area contributed by atoms with Gasteiger partial charge in [-0.1, -0.05) is 48.5 Å². The summed E-state index contributed by atoms with van der Waals surface area (Å²) >= 11 is 0. The number of aliphatic hydroxyl groups is 2. The molecule has 11 heteroatoms. The fraction of sp³-hybridized carbons (Fsp3) is 0.370. The number of ketones is 2. The van der Waals surface area contributed by atoms with E-state index in [1.54, 1.807) is 69.4 Å². The van der Waals surface area contributed by atoms with Crippen molar-refractivity contribution in [2.75, 3.05) is 13.7 Å². The minimum atomic E-state index is -2.33. The van der Waals surface area contributed by atoms with Gasteiger partial charge in [0.25, 0.3) is 0 Å². The standard InChI is InChI=1S/C27H30N4O7/c1-15-9-5-7-11-18(15)21(33)22(34)24-27(37,23(35)19-12-8-6-10-16(19)2)13-20(38-24)31-14-30(4)25(28-17(3)32)29-26(31)36/h5-12,20,22,24,34,37H,13-14H2,1-4H3,(H,28,29,32,36)/t20-,22?,24-,27-/m1/s1. The van der Waals surface area contributed by atoms with Gasteiger partial charge in [0, 0.05) is 31.5 Å². The van der Waals surface area contributed by atoms with Gasteiger partial charge in [0.2, 0.25) is 11.9 Å². The fourth-order valence-corrected chi connectivity index (χ4v) is 4.77. The summed E-state index contributed by atoms with van der Waals surface area (Å²) in [6, 6.07) is 12.6. The number of aryl methyl sites for hydroxylation is 2. The van der Waals surface area contributed by atoms with Crippen molar-refractivity contribution < 1.29 is 34.1 Å². The molecule has 4 rings (SSSR count). The molecule has 38 heavy (non-hydrogen) atoms. The van der Waals surface area contributed by atoms with Crippen LogP contribution in [-0.2, 0) is 9.53 Å². The van der Waals surface area contributed by atoms with E-state index in [2.05, 4.69) is 10.3 Å². The summed E-state index contributed by atoms with van der Waals surface area (Å²) < 4.78 is 5.97. The molecule has 2 fully saturated rings. The SMILES string of the molecule is CC(=O)N=C1NC(=O)N([C@H]2C[C@@](O)(C(=O)c3ccccc3C)[C@@H](C(O)C(=O)c3ccccc3C)O2)CN1C. The van der Waals surface area contributed by atoms with Crippen LogP contribution in [0.4, 0.5) is 4.79 Å². The minimum Gasteiger partial charge on any atom is -0.382 e. The van der Waals surface area contributed by atoms with Gasteiger partial charge in [-0.3, -0.25) is 24.6 Å². The second-order valence-corrected chi connectivity index (χ2v) is 9.60. The van der Waals surface area contributed by atoms with Gasteiger partial charge >= 0.3 is 6.03 Å². The smallest absolute Gasteiger partial charge is 0.327 e. The lowest BCUT2D eigenvalue weighted by atomic mass is 9.81. The van der Waals surface area contributed by atoms with Gasteiger partial charge in [-0.25, -0.2) is 4.79 Å². The number of hydrogen-bond donors (Lipinski definition) is 3. The molecule has 4 atom stereocenters. The number of carbonyl (C=O) groups excluding carboxylic acids is 4. The van der Waals surface area contributed by atoms with Gasteiger partial charge in [0.05, 0.1) is 6.67 Å². The van der Waals surface area contributed by atoms with Crippen LogP contribution in [0.15, 0.2) is 53.5 Å². The molecular weight excluding hydrogens is 492 g/mol. The molecule has 0 bridgehead atoms. The van der Waals surface area contributed by atoms with E-state index >= 15 is 0 Å². The van der Waals surface area contributed by atoms with Crippen LogP contribution in [0.1, 0.15) is 45.2 Å². The van der Waals surface area contributed by atoms with E-state index in [4.69, 9.17) is 4.74 Å². The average molecular weight is 523 g/mol. The molecule has 2 aliphatic heterocycles. The summed E-state index contributed by atoms with van der Waals surface area (Å²) in [5, 5.41) is 25.5. The molecule has 0 aliphatic carbocycles. The number of benzene rings is 2. The van der Waals surface area contributed by atoms with Crippen LogP contribution in [-0.4, -0.2) is 87.2 Å². The maximum Gasteiger partial charge on any atom is 0.327 e. The third-order valence-corrected chi connectivity index (χ3v) is 6.83.